The van der Waals surface area contributed by atoms with Crippen molar-refractivity contribution < 1.29 is 4.79 Å². The number of nitrogens with zero attached hydrogens (tertiary/aromatic N) is 3. The number of rotatable bonds is 7. The first kappa shape index (κ1) is 17.4. The van der Waals surface area contributed by atoms with Crippen molar-refractivity contribution in [1.82, 2.24) is 14.8 Å². The minimum absolute atomic E-state index is 0.0368. The van der Waals surface area contributed by atoms with Crippen molar-refractivity contribution in [2.45, 2.75) is 33.1 Å². The molecule has 1 amide bonds. The van der Waals surface area contributed by atoms with Crippen LogP contribution in [0, 0.1) is 0 Å². The molecule has 0 aliphatic heterocycles. The molecule has 0 unspecified atom stereocenters. The monoisotopic (exact) mass is 292 g/mol. The largest absolute Gasteiger partial charge is 0.384 e. The molecule has 0 saturated heterocycles. The van der Waals surface area contributed by atoms with Crippen molar-refractivity contribution >= 4 is 11.7 Å². The first-order valence-electron chi connectivity index (χ1n) is 7.56. The second kappa shape index (κ2) is 7.98. The molecule has 0 aromatic carbocycles. The van der Waals surface area contributed by atoms with Crippen LogP contribution in [0.3, 0.4) is 0 Å². The smallest absolute Gasteiger partial charge is 0.254 e. The van der Waals surface area contributed by atoms with E-state index in [0.717, 1.165) is 31.7 Å². The summed E-state index contributed by atoms with van der Waals surface area (Å²) < 4.78 is 0. The number of likely N-dealkylation sites (N-methyl/N-ethyl adjacent to an activating group) is 1. The average Bonchev–Trinajstić information content (AvgIpc) is 2.41. The molecule has 0 aliphatic rings. The molecule has 5 nitrogen and oxygen atoms in total. The Labute approximate surface area is 128 Å². The Bertz CT molecular complexity index is 471. The van der Waals surface area contributed by atoms with E-state index in [4.69, 9.17) is 5.73 Å². The van der Waals surface area contributed by atoms with Gasteiger partial charge in [0.2, 0.25) is 0 Å². The van der Waals surface area contributed by atoms with E-state index in [1.807, 2.05) is 38.9 Å². The first-order chi connectivity index (χ1) is 9.85. The van der Waals surface area contributed by atoms with Gasteiger partial charge in [-0.3, -0.25) is 4.79 Å². The van der Waals surface area contributed by atoms with Crippen LogP contribution in [0.1, 0.15) is 49.2 Å². The van der Waals surface area contributed by atoms with Crippen LogP contribution in [-0.2, 0) is 0 Å². The summed E-state index contributed by atoms with van der Waals surface area (Å²) in [4.78, 5) is 21.0. The third-order valence-electron chi connectivity index (χ3n) is 3.30. The Hall–Kier alpha value is -1.62. The standard InChI is InChI=1S/C16H28N4O/c1-6-7-20(9-8-19(4)5)16(21)13-10-14(12(2)3)18-15(17)11-13/h10-12H,6-9H2,1-5H3,(H2,17,18). The summed E-state index contributed by atoms with van der Waals surface area (Å²) in [6, 6.07) is 3.54. The van der Waals surface area contributed by atoms with Crippen LogP contribution in [0.2, 0.25) is 0 Å². The van der Waals surface area contributed by atoms with E-state index in [-0.39, 0.29) is 11.8 Å². The van der Waals surface area contributed by atoms with Crippen LogP contribution in [-0.4, -0.2) is 54.4 Å². The van der Waals surface area contributed by atoms with E-state index in [1.165, 1.54) is 0 Å². The van der Waals surface area contributed by atoms with E-state index >= 15 is 0 Å². The number of hydrogen-bond acceptors (Lipinski definition) is 4. The molecule has 0 spiro atoms. The Morgan fingerprint density at radius 3 is 2.43 bits per heavy atom. The number of amides is 1. The molecule has 0 bridgehead atoms. The van der Waals surface area contributed by atoms with Crippen molar-refractivity contribution in [3.8, 4) is 0 Å². The normalized spacial score (nSPS) is 11.2. The van der Waals surface area contributed by atoms with Gasteiger partial charge in [0.1, 0.15) is 5.82 Å². The fraction of sp³-hybridized carbons (Fsp3) is 0.625. The molecular formula is C16H28N4O. The van der Waals surface area contributed by atoms with Crippen LogP contribution in [0.25, 0.3) is 0 Å². The lowest BCUT2D eigenvalue weighted by atomic mass is 10.1. The van der Waals surface area contributed by atoms with Gasteiger partial charge >= 0.3 is 0 Å². The molecule has 0 saturated carbocycles. The highest BCUT2D eigenvalue weighted by Crippen LogP contribution is 2.17. The molecule has 118 valence electrons. The number of pyridine rings is 1. The summed E-state index contributed by atoms with van der Waals surface area (Å²) in [6.45, 7) is 8.50. The number of nitrogens with two attached hydrogens (primary N) is 1. The summed E-state index contributed by atoms with van der Waals surface area (Å²) in [7, 11) is 4.02. The van der Waals surface area contributed by atoms with Gasteiger partial charge in [0.25, 0.3) is 5.91 Å². The van der Waals surface area contributed by atoms with Crippen LogP contribution in [0.15, 0.2) is 12.1 Å². The first-order valence-corrected chi connectivity index (χ1v) is 7.56. The summed E-state index contributed by atoms with van der Waals surface area (Å²) in [6.07, 6.45) is 0.941. The number of anilines is 1. The number of carbonyl (C=O) groups excluding carboxylic acids is 1. The Kier molecular flexibility index (Phi) is 6.62. The van der Waals surface area contributed by atoms with E-state index in [2.05, 4.69) is 16.8 Å². The number of aromatic nitrogens is 1. The van der Waals surface area contributed by atoms with Crippen LogP contribution in [0.4, 0.5) is 5.82 Å². The Balaban J connectivity index is 2.97. The van der Waals surface area contributed by atoms with E-state index in [1.54, 1.807) is 6.07 Å². The maximum Gasteiger partial charge on any atom is 0.254 e. The molecule has 1 heterocycles. The zero-order chi connectivity index (χ0) is 16.0. The highest BCUT2D eigenvalue weighted by Gasteiger charge is 2.17. The second-order valence-corrected chi connectivity index (χ2v) is 5.96. The van der Waals surface area contributed by atoms with E-state index in [0.29, 0.717) is 11.4 Å². The van der Waals surface area contributed by atoms with Gasteiger partial charge < -0.3 is 15.5 Å². The lowest BCUT2D eigenvalue weighted by Gasteiger charge is -2.24. The molecule has 0 radical (unpaired) electrons. The van der Waals surface area contributed by atoms with Gasteiger partial charge in [-0.2, -0.15) is 0 Å². The quantitative estimate of drug-likeness (QED) is 0.837. The molecule has 1 aromatic heterocycles. The molecule has 0 atom stereocenters. The zero-order valence-electron chi connectivity index (χ0n) is 13.9. The maximum absolute atomic E-state index is 12.7. The van der Waals surface area contributed by atoms with Gasteiger partial charge in [0.15, 0.2) is 0 Å². The van der Waals surface area contributed by atoms with Gasteiger partial charge in [-0.15, -0.1) is 0 Å². The van der Waals surface area contributed by atoms with E-state index in [9.17, 15) is 4.79 Å². The second-order valence-electron chi connectivity index (χ2n) is 5.96. The molecule has 1 rings (SSSR count). The Morgan fingerprint density at radius 1 is 1.24 bits per heavy atom. The molecule has 2 N–H and O–H groups in total. The summed E-state index contributed by atoms with van der Waals surface area (Å²) in [5.41, 5.74) is 7.34. The summed E-state index contributed by atoms with van der Waals surface area (Å²) in [5, 5.41) is 0. The molecule has 0 fully saturated rings. The van der Waals surface area contributed by atoms with Crippen molar-refractivity contribution in [3.05, 3.63) is 23.4 Å². The molecule has 21 heavy (non-hydrogen) atoms. The molecular weight excluding hydrogens is 264 g/mol. The molecule has 0 aliphatic carbocycles. The van der Waals surface area contributed by atoms with Gasteiger partial charge in [-0.05, 0) is 38.6 Å². The lowest BCUT2D eigenvalue weighted by Crippen LogP contribution is -2.37. The SMILES string of the molecule is CCCN(CCN(C)C)C(=O)c1cc(N)nc(C(C)C)c1. The van der Waals surface area contributed by atoms with Crippen LogP contribution in [0.5, 0.6) is 0 Å². The van der Waals surface area contributed by atoms with Gasteiger partial charge in [0.05, 0.1) is 0 Å². The summed E-state index contributed by atoms with van der Waals surface area (Å²) in [5.74, 6) is 0.699. The average molecular weight is 292 g/mol. The Morgan fingerprint density at radius 2 is 1.90 bits per heavy atom. The van der Waals surface area contributed by atoms with Crippen molar-refractivity contribution in [2.24, 2.45) is 0 Å². The maximum atomic E-state index is 12.7. The minimum Gasteiger partial charge on any atom is -0.384 e. The van der Waals surface area contributed by atoms with Gasteiger partial charge in [-0.25, -0.2) is 4.98 Å². The highest BCUT2D eigenvalue weighted by molar-refractivity contribution is 5.95. The van der Waals surface area contributed by atoms with Gasteiger partial charge in [0, 0.05) is 30.9 Å². The van der Waals surface area contributed by atoms with Gasteiger partial charge in [-0.1, -0.05) is 20.8 Å². The minimum atomic E-state index is 0.0368. The highest BCUT2D eigenvalue weighted by atomic mass is 16.2. The van der Waals surface area contributed by atoms with Crippen LogP contribution < -0.4 is 5.73 Å². The zero-order valence-corrected chi connectivity index (χ0v) is 13.9. The fourth-order valence-electron chi connectivity index (χ4n) is 2.08. The number of carbonyl (C=O) groups is 1. The third kappa shape index (κ3) is 5.34. The predicted octanol–water partition coefficient (Wildman–Crippen LogP) is 2.20. The van der Waals surface area contributed by atoms with Crippen molar-refractivity contribution in [1.29, 1.82) is 0 Å². The number of nitrogen functional groups attached to an aromatic ring is 1. The number of hydrogen-bond donors (Lipinski definition) is 1. The topological polar surface area (TPSA) is 62.5 Å². The fourth-order valence-corrected chi connectivity index (χ4v) is 2.08. The van der Waals surface area contributed by atoms with E-state index < -0.39 is 0 Å². The molecule has 5 heteroatoms. The predicted molar refractivity (Wildman–Crippen MR) is 87.5 cm³/mol. The summed E-state index contributed by atoms with van der Waals surface area (Å²) >= 11 is 0. The van der Waals surface area contributed by atoms with Crippen molar-refractivity contribution in [3.63, 3.8) is 0 Å². The van der Waals surface area contributed by atoms with Crippen molar-refractivity contribution in [2.75, 3.05) is 39.5 Å². The molecule has 1 aromatic rings. The lowest BCUT2D eigenvalue weighted by molar-refractivity contribution is 0.0744. The van der Waals surface area contributed by atoms with Crippen LogP contribution >= 0.6 is 0 Å². The third-order valence-corrected chi connectivity index (χ3v) is 3.30.